The van der Waals surface area contributed by atoms with E-state index in [4.69, 9.17) is 9.15 Å². The van der Waals surface area contributed by atoms with Crippen LogP contribution in [0.5, 0.6) is 5.75 Å². The molecule has 6 heteroatoms. The molecule has 134 valence electrons. The first kappa shape index (κ1) is 16.1. The third kappa shape index (κ3) is 2.44. The summed E-state index contributed by atoms with van der Waals surface area (Å²) in [5, 5.41) is 2.05. The average molecular weight is 376 g/mol. The van der Waals surface area contributed by atoms with E-state index < -0.39 is 0 Å². The molecule has 4 aromatic rings. The SMILES string of the molecule is COc1cc2c(cc1-c1ncco1)-c1c(-c3cccs3)cc(C=O)n1CC2. The van der Waals surface area contributed by atoms with Crippen molar-refractivity contribution >= 4 is 17.6 Å². The summed E-state index contributed by atoms with van der Waals surface area (Å²) in [6.45, 7) is 0.767. The highest BCUT2D eigenvalue weighted by Gasteiger charge is 2.26. The Morgan fingerprint density at radius 3 is 2.89 bits per heavy atom. The second kappa shape index (κ2) is 6.25. The highest BCUT2D eigenvalue weighted by molar-refractivity contribution is 7.13. The lowest BCUT2D eigenvalue weighted by Crippen LogP contribution is -2.13. The Morgan fingerprint density at radius 2 is 2.19 bits per heavy atom. The van der Waals surface area contributed by atoms with Crippen LogP contribution in [0, 0.1) is 0 Å². The fourth-order valence-corrected chi connectivity index (χ4v) is 4.53. The number of thiophene rings is 1. The van der Waals surface area contributed by atoms with Gasteiger partial charge in [0.15, 0.2) is 6.29 Å². The van der Waals surface area contributed by atoms with E-state index >= 15 is 0 Å². The Balaban J connectivity index is 1.80. The van der Waals surface area contributed by atoms with E-state index in [-0.39, 0.29) is 0 Å². The van der Waals surface area contributed by atoms with Crippen molar-refractivity contribution in [1.29, 1.82) is 0 Å². The van der Waals surface area contributed by atoms with E-state index in [0.717, 1.165) is 52.3 Å². The van der Waals surface area contributed by atoms with E-state index in [1.807, 2.05) is 12.1 Å². The number of rotatable bonds is 4. The minimum absolute atomic E-state index is 0.520. The maximum atomic E-state index is 11.7. The van der Waals surface area contributed by atoms with Crippen LogP contribution in [0.2, 0.25) is 0 Å². The minimum atomic E-state index is 0.520. The quantitative estimate of drug-likeness (QED) is 0.475. The molecule has 4 heterocycles. The second-order valence-electron chi connectivity index (χ2n) is 6.38. The highest BCUT2D eigenvalue weighted by atomic mass is 32.1. The smallest absolute Gasteiger partial charge is 0.229 e. The normalized spacial score (nSPS) is 12.5. The number of nitrogens with zero attached hydrogens (tertiary/aromatic N) is 2. The van der Waals surface area contributed by atoms with Crippen LogP contribution in [-0.4, -0.2) is 22.9 Å². The molecular formula is C21H16N2O3S. The molecule has 0 bridgehead atoms. The summed E-state index contributed by atoms with van der Waals surface area (Å²) in [6, 6.07) is 10.2. The molecule has 3 aromatic heterocycles. The fourth-order valence-electron chi connectivity index (χ4n) is 3.79. The Labute approximate surface area is 159 Å². The van der Waals surface area contributed by atoms with Gasteiger partial charge in [-0.05, 0) is 41.6 Å². The fraction of sp³-hybridized carbons (Fsp3) is 0.143. The monoisotopic (exact) mass is 376 g/mol. The van der Waals surface area contributed by atoms with E-state index in [1.54, 1.807) is 30.9 Å². The third-order valence-electron chi connectivity index (χ3n) is 4.98. The Hall–Kier alpha value is -3.12. The summed E-state index contributed by atoms with van der Waals surface area (Å²) in [6.07, 6.45) is 4.95. The lowest BCUT2D eigenvalue weighted by molar-refractivity contribution is 0.111. The number of benzene rings is 1. The number of oxazole rings is 1. The van der Waals surface area contributed by atoms with Gasteiger partial charge in [-0.1, -0.05) is 6.07 Å². The predicted octanol–water partition coefficient (Wildman–Crippen LogP) is 4.92. The lowest BCUT2D eigenvalue weighted by Gasteiger charge is -2.23. The molecule has 0 saturated carbocycles. The summed E-state index contributed by atoms with van der Waals surface area (Å²) >= 11 is 1.67. The molecule has 1 aliphatic rings. The van der Waals surface area contributed by atoms with Gasteiger partial charge in [0.25, 0.3) is 0 Å². The molecule has 0 aliphatic carbocycles. The molecule has 1 aromatic carbocycles. The number of aryl methyl sites for hydroxylation is 1. The number of hydrogen-bond donors (Lipinski definition) is 0. The standard InChI is InChI=1S/C21H16N2O3S/c1-25-18-9-13-4-6-23-14(12-24)10-17(19-3-2-8-27-19)20(23)15(13)11-16(18)21-22-5-7-26-21/h2-3,5,7-12H,4,6H2,1H3. The van der Waals surface area contributed by atoms with Gasteiger partial charge in [-0.2, -0.15) is 0 Å². The number of ether oxygens (including phenoxy) is 1. The van der Waals surface area contributed by atoms with E-state index in [9.17, 15) is 4.79 Å². The Bertz CT molecular complexity index is 1130. The number of carbonyl (C=O) groups excluding carboxylic acids is 1. The van der Waals surface area contributed by atoms with Crippen LogP contribution >= 0.6 is 11.3 Å². The van der Waals surface area contributed by atoms with E-state index in [2.05, 4.69) is 33.1 Å². The van der Waals surface area contributed by atoms with Crippen molar-refractivity contribution in [3.8, 4) is 38.9 Å². The molecule has 0 fully saturated rings. The lowest BCUT2D eigenvalue weighted by atomic mass is 9.93. The molecule has 5 rings (SSSR count). The highest BCUT2D eigenvalue weighted by Crippen LogP contribution is 2.44. The Kier molecular flexibility index (Phi) is 3.72. The first-order chi connectivity index (χ1) is 13.3. The van der Waals surface area contributed by atoms with Crippen LogP contribution in [0.15, 0.2) is 52.6 Å². The largest absolute Gasteiger partial charge is 0.496 e. The average Bonchev–Trinajstić information content (AvgIpc) is 3.46. The number of fused-ring (bicyclic) bond motifs is 3. The summed E-state index contributed by atoms with van der Waals surface area (Å²) in [4.78, 5) is 17.1. The van der Waals surface area contributed by atoms with Gasteiger partial charge < -0.3 is 13.7 Å². The van der Waals surface area contributed by atoms with Crippen molar-refractivity contribution in [3.63, 3.8) is 0 Å². The molecule has 0 amide bonds. The number of methoxy groups -OCH3 is 1. The van der Waals surface area contributed by atoms with Gasteiger partial charge in [0.05, 0.1) is 30.3 Å². The zero-order valence-electron chi connectivity index (χ0n) is 14.6. The van der Waals surface area contributed by atoms with Crippen LogP contribution < -0.4 is 4.74 Å². The van der Waals surface area contributed by atoms with Crippen LogP contribution in [0.1, 0.15) is 16.1 Å². The van der Waals surface area contributed by atoms with Gasteiger partial charge >= 0.3 is 0 Å². The topological polar surface area (TPSA) is 57.3 Å². The molecule has 27 heavy (non-hydrogen) atoms. The molecule has 0 N–H and O–H groups in total. The summed E-state index contributed by atoms with van der Waals surface area (Å²) < 4.78 is 13.2. The summed E-state index contributed by atoms with van der Waals surface area (Å²) in [5.74, 6) is 1.26. The molecule has 1 aliphatic heterocycles. The third-order valence-corrected chi connectivity index (χ3v) is 5.89. The Morgan fingerprint density at radius 1 is 1.26 bits per heavy atom. The number of aromatic nitrogens is 2. The molecule has 0 spiro atoms. The summed E-state index contributed by atoms with van der Waals surface area (Å²) in [5.41, 5.74) is 5.94. The van der Waals surface area contributed by atoms with Crippen molar-refractivity contribution in [2.24, 2.45) is 0 Å². The molecule has 0 atom stereocenters. The maximum Gasteiger partial charge on any atom is 0.229 e. The zero-order valence-corrected chi connectivity index (χ0v) is 15.5. The van der Waals surface area contributed by atoms with E-state index in [0.29, 0.717) is 11.6 Å². The molecule has 0 radical (unpaired) electrons. The van der Waals surface area contributed by atoms with Crippen LogP contribution in [0.25, 0.3) is 33.2 Å². The minimum Gasteiger partial charge on any atom is -0.496 e. The van der Waals surface area contributed by atoms with Crippen molar-refractivity contribution in [1.82, 2.24) is 9.55 Å². The predicted molar refractivity (Wildman–Crippen MR) is 104 cm³/mol. The van der Waals surface area contributed by atoms with Crippen LogP contribution in [0.4, 0.5) is 0 Å². The van der Waals surface area contributed by atoms with Crippen molar-refractivity contribution in [2.75, 3.05) is 7.11 Å². The second-order valence-corrected chi connectivity index (χ2v) is 7.32. The first-order valence-corrected chi connectivity index (χ1v) is 9.52. The molecular weight excluding hydrogens is 360 g/mol. The van der Waals surface area contributed by atoms with E-state index in [1.165, 1.54) is 5.56 Å². The van der Waals surface area contributed by atoms with Gasteiger partial charge in [0.2, 0.25) is 5.89 Å². The summed E-state index contributed by atoms with van der Waals surface area (Å²) in [7, 11) is 1.65. The molecule has 0 unspecified atom stereocenters. The van der Waals surface area contributed by atoms with Gasteiger partial charge in [-0.15, -0.1) is 11.3 Å². The maximum absolute atomic E-state index is 11.7. The number of carbonyl (C=O) groups is 1. The first-order valence-electron chi connectivity index (χ1n) is 8.64. The zero-order chi connectivity index (χ0) is 18.4. The van der Waals surface area contributed by atoms with Crippen molar-refractivity contribution < 1.29 is 13.9 Å². The van der Waals surface area contributed by atoms with Gasteiger partial charge in [0.1, 0.15) is 12.0 Å². The van der Waals surface area contributed by atoms with Crippen molar-refractivity contribution in [3.05, 3.63) is 59.4 Å². The van der Waals surface area contributed by atoms with Crippen LogP contribution in [-0.2, 0) is 13.0 Å². The molecule has 0 saturated heterocycles. The number of aldehydes is 1. The van der Waals surface area contributed by atoms with Gasteiger partial charge in [0, 0.05) is 22.5 Å². The van der Waals surface area contributed by atoms with Crippen LogP contribution in [0.3, 0.4) is 0 Å². The van der Waals surface area contributed by atoms with Crippen molar-refractivity contribution in [2.45, 2.75) is 13.0 Å². The van der Waals surface area contributed by atoms with Gasteiger partial charge in [-0.25, -0.2) is 4.98 Å². The molecule has 5 nitrogen and oxygen atoms in total. The number of hydrogen-bond acceptors (Lipinski definition) is 5. The van der Waals surface area contributed by atoms with Gasteiger partial charge in [-0.3, -0.25) is 4.79 Å².